The van der Waals surface area contributed by atoms with Gasteiger partial charge in [-0.3, -0.25) is 0 Å². The zero-order valence-electron chi connectivity index (χ0n) is 9.39. The molecular weight excluding hydrogens is 377 g/mol. The molecule has 0 unspecified atom stereocenters. The Morgan fingerprint density at radius 2 is 1.84 bits per heavy atom. The summed E-state index contributed by atoms with van der Waals surface area (Å²) in [6, 6.07) is 7.78. The third-order valence-corrected chi connectivity index (χ3v) is 3.93. The number of rotatable bonds is 3. The van der Waals surface area contributed by atoms with E-state index in [0.717, 1.165) is 0 Å². The average Bonchev–Trinajstić information content (AvgIpc) is 2.36. The van der Waals surface area contributed by atoms with Gasteiger partial charge in [-0.15, -0.1) is 11.6 Å². The minimum atomic E-state index is -0.561. The van der Waals surface area contributed by atoms with Crippen LogP contribution in [-0.4, -0.2) is 0 Å². The molecule has 2 rings (SSSR count). The summed E-state index contributed by atoms with van der Waals surface area (Å²) >= 11 is 20.8. The van der Waals surface area contributed by atoms with Gasteiger partial charge in [-0.2, -0.15) is 0 Å². The molecule has 0 spiro atoms. The predicted molar refractivity (Wildman–Crippen MR) is 80.2 cm³/mol. The first-order valence-electron chi connectivity index (χ1n) is 5.18. The molecule has 2 aromatic rings. The molecule has 0 bridgehead atoms. The Labute approximate surface area is 133 Å². The van der Waals surface area contributed by atoms with Gasteiger partial charge < -0.3 is 4.74 Å². The van der Waals surface area contributed by atoms with Gasteiger partial charge in [0.15, 0.2) is 0 Å². The highest BCUT2D eigenvalue weighted by Gasteiger charge is 2.12. The Balaban J connectivity index is 2.42. The Morgan fingerprint density at radius 1 is 1.11 bits per heavy atom. The molecule has 6 heteroatoms. The van der Waals surface area contributed by atoms with Crippen molar-refractivity contribution in [3.8, 4) is 11.5 Å². The number of hydrogen-bond donors (Lipinski definition) is 0. The maximum atomic E-state index is 13.4. The smallest absolute Gasteiger partial charge is 0.145 e. The fourth-order valence-electron chi connectivity index (χ4n) is 1.47. The summed E-state index contributed by atoms with van der Waals surface area (Å²) in [5.74, 6) is 0.415. The van der Waals surface area contributed by atoms with E-state index < -0.39 is 5.82 Å². The lowest BCUT2D eigenvalue weighted by atomic mass is 10.2. The number of halogens is 5. The van der Waals surface area contributed by atoms with Gasteiger partial charge in [0.1, 0.15) is 17.3 Å². The van der Waals surface area contributed by atoms with Crippen LogP contribution < -0.4 is 4.74 Å². The van der Waals surface area contributed by atoms with E-state index in [0.29, 0.717) is 26.6 Å². The van der Waals surface area contributed by atoms with E-state index in [4.69, 9.17) is 39.5 Å². The van der Waals surface area contributed by atoms with Crippen molar-refractivity contribution >= 4 is 50.7 Å². The average molecular weight is 384 g/mol. The molecule has 0 aliphatic rings. The van der Waals surface area contributed by atoms with E-state index in [2.05, 4.69) is 15.9 Å². The molecule has 0 radical (unpaired) electrons. The minimum absolute atomic E-state index is 0.0166. The summed E-state index contributed by atoms with van der Waals surface area (Å²) in [7, 11) is 0. The van der Waals surface area contributed by atoms with Crippen LogP contribution in [0.3, 0.4) is 0 Å². The molecule has 19 heavy (non-hydrogen) atoms. The molecule has 0 aliphatic heterocycles. The third-order valence-electron chi connectivity index (χ3n) is 2.40. The van der Waals surface area contributed by atoms with Crippen molar-refractivity contribution < 1.29 is 9.13 Å². The Hall–Kier alpha value is -0.480. The molecule has 2 aromatic carbocycles. The lowest BCUT2D eigenvalue weighted by molar-refractivity contribution is 0.470. The number of hydrogen-bond acceptors (Lipinski definition) is 1. The lowest BCUT2D eigenvalue weighted by Gasteiger charge is -2.12. The molecule has 0 atom stereocenters. The zero-order valence-corrected chi connectivity index (χ0v) is 13.2. The van der Waals surface area contributed by atoms with Crippen LogP contribution >= 0.6 is 50.7 Å². The lowest BCUT2D eigenvalue weighted by Crippen LogP contribution is -1.92. The molecule has 0 saturated heterocycles. The highest BCUT2D eigenvalue weighted by atomic mass is 79.9. The summed E-state index contributed by atoms with van der Waals surface area (Å²) in [6.45, 7) is 0. The van der Waals surface area contributed by atoms with Gasteiger partial charge in [-0.1, -0.05) is 29.3 Å². The fraction of sp³-hybridized carbons (Fsp3) is 0.0769. The van der Waals surface area contributed by atoms with Gasteiger partial charge in [0.2, 0.25) is 0 Å². The quantitative estimate of drug-likeness (QED) is 0.438. The van der Waals surface area contributed by atoms with Crippen LogP contribution in [-0.2, 0) is 5.88 Å². The third kappa shape index (κ3) is 3.34. The highest BCUT2D eigenvalue weighted by molar-refractivity contribution is 9.10. The molecule has 0 amide bonds. The van der Waals surface area contributed by atoms with Crippen molar-refractivity contribution in [2.75, 3.05) is 0 Å². The van der Waals surface area contributed by atoms with Crippen molar-refractivity contribution in [2.45, 2.75) is 5.88 Å². The van der Waals surface area contributed by atoms with Gasteiger partial charge in [0.05, 0.1) is 15.4 Å². The van der Waals surface area contributed by atoms with Crippen LogP contribution in [0.25, 0.3) is 0 Å². The number of alkyl halides is 1. The van der Waals surface area contributed by atoms with Crippen molar-refractivity contribution in [2.24, 2.45) is 0 Å². The van der Waals surface area contributed by atoms with E-state index in [1.807, 2.05) is 0 Å². The van der Waals surface area contributed by atoms with Crippen molar-refractivity contribution in [1.29, 1.82) is 0 Å². The van der Waals surface area contributed by atoms with Crippen LogP contribution in [0.15, 0.2) is 34.8 Å². The monoisotopic (exact) mass is 382 g/mol. The number of benzene rings is 2. The summed E-state index contributed by atoms with van der Waals surface area (Å²) in [5, 5.41) is 0.515. The molecule has 0 N–H and O–H groups in total. The van der Waals surface area contributed by atoms with Gasteiger partial charge in [0, 0.05) is 16.7 Å². The normalized spacial score (nSPS) is 10.6. The largest absolute Gasteiger partial charge is 0.456 e. The molecule has 100 valence electrons. The Morgan fingerprint density at radius 3 is 2.53 bits per heavy atom. The van der Waals surface area contributed by atoms with Crippen molar-refractivity contribution in [1.82, 2.24) is 0 Å². The molecule has 0 aliphatic carbocycles. The maximum Gasteiger partial charge on any atom is 0.145 e. The molecule has 1 nitrogen and oxygen atoms in total. The van der Waals surface area contributed by atoms with Crippen LogP contribution in [0.4, 0.5) is 4.39 Å². The van der Waals surface area contributed by atoms with Crippen molar-refractivity contribution in [3.63, 3.8) is 0 Å². The topological polar surface area (TPSA) is 9.23 Å². The van der Waals surface area contributed by atoms with Crippen LogP contribution in [0.1, 0.15) is 5.56 Å². The summed E-state index contributed by atoms with van der Waals surface area (Å²) in [5.41, 5.74) is 0.646. The van der Waals surface area contributed by atoms with E-state index in [9.17, 15) is 4.39 Å². The first-order chi connectivity index (χ1) is 9.02. The standard InChI is InChI=1S/C13H7BrCl3FO/c14-8-4-10(17)11(18)5-13(8)19-12-3-1-2-9(16)7(12)6-15/h1-5H,6H2. The highest BCUT2D eigenvalue weighted by Crippen LogP contribution is 2.37. The summed E-state index contributed by atoms with van der Waals surface area (Å²) in [6.07, 6.45) is 0. The second-order valence-electron chi connectivity index (χ2n) is 3.65. The van der Waals surface area contributed by atoms with E-state index in [-0.39, 0.29) is 10.9 Å². The minimum Gasteiger partial charge on any atom is -0.456 e. The molecular formula is C13H7BrCl3FO. The van der Waals surface area contributed by atoms with Crippen molar-refractivity contribution in [3.05, 3.63) is 56.2 Å². The SMILES string of the molecule is Fc1cc(Oc2cccc(Cl)c2CCl)c(Br)cc1Cl. The Kier molecular flexibility index (Phi) is 4.96. The molecule has 0 aromatic heterocycles. The van der Waals surface area contributed by atoms with Gasteiger partial charge in [-0.25, -0.2) is 4.39 Å². The van der Waals surface area contributed by atoms with E-state index in [1.54, 1.807) is 18.2 Å². The molecule has 0 fully saturated rings. The van der Waals surface area contributed by atoms with Gasteiger partial charge in [-0.05, 0) is 34.1 Å². The Bertz CT molecular complexity index is 619. The van der Waals surface area contributed by atoms with Crippen LogP contribution in [0.2, 0.25) is 10.0 Å². The van der Waals surface area contributed by atoms with Gasteiger partial charge >= 0.3 is 0 Å². The van der Waals surface area contributed by atoms with Crippen LogP contribution in [0, 0.1) is 5.82 Å². The predicted octanol–water partition coefficient (Wildman–Crippen LogP) is 6.43. The van der Waals surface area contributed by atoms with E-state index in [1.165, 1.54) is 12.1 Å². The van der Waals surface area contributed by atoms with E-state index >= 15 is 0 Å². The fourth-order valence-corrected chi connectivity index (χ4v) is 2.76. The zero-order chi connectivity index (χ0) is 14.0. The second-order valence-corrected chi connectivity index (χ2v) is 5.58. The first-order valence-corrected chi connectivity index (χ1v) is 7.27. The molecule has 0 heterocycles. The summed E-state index contributed by atoms with van der Waals surface area (Å²) < 4.78 is 19.6. The van der Waals surface area contributed by atoms with Crippen LogP contribution in [0.5, 0.6) is 11.5 Å². The maximum absolute atomic E-state index is 13.4. The first kappa shape index (κ1) is 14.9. The molecule has 0 saturated carbocycles. The number of ether oxygens (including phenoxy) is 1. The second kappa shape index (κ2) is 6.31. The summed E-state index contributed by atoms with van der Waals surface area (Å²) in [4.78, 5) is 0. The van der Waals surface area contributed by atoms with Gasteiger partial charge in [0.25, 0.3) is 0 Å².